The maximum absolute atomic E-state index is 12.2. The van der Waals surface area contributed by atoms with E-state index in [2.05, 4.69) is 5.10 Å². The Balaban J connectivity index is 2.24. The maximum Gasteiger partial charge on any atom is 0.359 e. The van der Waals surface area contributed by atoms with Crippen molar-refractivity contribution in [3.05, 3.63) is 64.1 Å². The molecule has 2 N–H and O–H groups in total. The zero-order valence-corrected chi connectivity index (χ0v) is 12.6. The molecule has 0 aliphatic heterocycles. The van der Waals surface area contributed by atoms with Crippen LogP contribution in [0.1, 0.15) is 35.5 Å². The largest absolute Gasteiger partial charge is 0.443 e. The number of benzene rings is 1. The van der Waals surface area contributed by atoms with Gasteiger partial charge in [-0.25, -0.2) is 9.48 Å². The monoisotopic (exact) mass is 315 g/mol. The molecule has 0 spiro atoms. The second-order valence-electron chi connectivity index (χ2n) is 4.88. The maximum atomic E-state index is 12.2. The van der Waals surface area contributed by atoms with E-state index in [0.717, 1.165) is 0 Å². The minimum atomic E-state index is -1.21. The molecule has 2 aromatic rings. The summed E-state index contributed by atoms with van der Waals surface area (Å²) in [5, 5.41) is 3.95. The van der Waals surface area contributed by atoms with Gasteiger partial charge < -0.3 is 10.5 Å². The number of hydrogen-bond acceptors (Lipinski definition) is 5. The fourth-order valence-corrected chi connectivity index (χ4v) is 2.02. The Hall–Kier alpha value is -2.96. The summed E-state index contributed by atoms with van der Waals surface area (Å²) < 4.78 is 6.34. The summed E-state index contributed by atoms with van der Waals surface area (Å²) in [6.07, 6.45) is -0.517. The van der Waals surface area contributed by atoms with E-state index in [4.69, 9.17) is 10.5 Å². The molecule has 0 saturated heterocycles. The molecule has 0 aliphatic carbocycles. The zero-order chi connectivity index (χ0) is 16.8. The predicted octanol–water partition coefficient (Wildman–Crippen LogP) is 1.04. The summed E-state index contributed by atoms with van der Waals surface area (Å²) in [5.41, 5.74) is 5.41. The van der Waals surface area contributed by atoms with Crippen LogP contribution in [0.4, 0.5) is 0 Å². The first kappa shape index (κ1) is 16.4. The van der Waals surface area contributed by atoms with Crippen molar-refractivity contribution in [2.45, 2.75) is 26.0 Å². The van der Waals surface area contributed by atoms with E-state index in [0.29, 0.717) is 18.5 Å². The summed E-state index contributed by atoms with van der Waals surface area (Å²) in [7, 11) is 0. The fourth-order valence-electron chi connectivity index (χ4n) is 2.02. The molecule has 1 atom stereocenters. The number of aromatic nitrogens is 2. The van der Waals surface area contributed by atoms with Gasteiger partial charge in [0.15, 0.2) is 5.69 Å². The summed E-state index contributed by atoms with van der Waals surface area (Å²) >= 11 is 0. The van der Waals surface area contributed by atoms with Crippen LogP contribution in [0.3, 0.4) is 0 Å². The van der Waals surface area contributed by atoms with Crippen LogP contribution in [0.15, 0.2) is 47.3 Å². The highest BCUT2D eigenvalue weighted by atomic mass is 16.5. The number of amides is 1. The van der Waals surface area contributed by atoms with Crippen LogP contribution in [-0.4, -0.2) is 21.7 Å². The molecule has 0 radical (unpaired) electrons. The molecular formula is C16H17N3O4. The highest BCUT2D eigenvalue weighted by Crippen LogP contribution is 2.18. The van der Waals surface area contributed by atoms with Crippen molar-refractivity contribution in [2.24, 2.45) is 5.73 Å². The Morgan fingerprint density at radius 2 is 1.91 bits per heavy atom. The minimum Gasteiger partial charge on any atom is -0.443 e. The first-order valence-electron chi connectivity index (χ1n) is 7.16. The van der Waals surface area contributed by atoms with Crippen LogP contribution in [0.2, 0.25) is 0 Å². The highest BCUT2D eigenvalue weighted by Gasteiger charge is 2.24. The summed E-state index contributed by atoms with van der Waals surface area (Å²) in [6.45, 7) is 2.27. The lowest BCUT2D eigenvalue weighted by Gasteiger charge is -2.15. The Labute approximate surface area is 132 Å². The molecule has 1 heterocycles. The number of nitrogens with two attached hydrogens (primary N) is 1. The van der Waals surface area contributed by atoms with Gasteiger partial charge in [0, 0.05) is 18.2 Å². The number of nitrogens with zero attached hydrogens (tertiary/aromatic N) is 2. The van der Waals surface area contributed by atoms with Gasteiger partial charge in [-0.05, 0) is 12.5 Å². The van der Waals surface area contributed by atoms with Crippen LogP contribution in [-0.2, 0) is 16.1 Å². The van der Waals surface area contributed by atoms with Crippen LogP contribution in [0.25, 0.3) is 0 Å². The molecule has 1 aromatic carbocycles. The average molecular weight is 315 g/mol. The molecule has 120 valence electrons. The van der Waals surface area contributed by atoms with Gasteiger partial charge in [0.1, 0.15) is 0 Å². The van der Waals surface area contributed by atoms with Gasteiger partial charge in [-0.2, -0.15) is 5.10 Å². The molecule has 0 fully saturated rings. The van der Waals surface area contributed by atoms with E-state index in [9.17, 15) is 14.4 Å². The van der Waals surface area contributed by atoms with Crippen molar-refractivity contribution < 1.29 is 14.3 Å². The number of hydrogen-bond donors (Lipinski definition) is 1. The summed E-state index contributed by atoms with van der Waals surface area (Å²) in [6, 6.07) is 11.0. The van der Waals surface area contributed by atoms with Crippen LogP contribution < -0.4 is 11.3 Å². The number of aryl methyl sites for hydroxylation is 1. The molecule has 0 aliphatic rings. The second kappa shape index (κ2) is 7.35. The molecule has 23 heavy (non-hydrogen) atoms. The lowest BCUT2D eigenvalue weighted by atomic mass is 10.1. The highest BCUT2D eigenvalue weighted by molar-refractivity contribution is 5.90. The molecule has 2 rings (SSSR count). The van der Waals surface area contributed by atoms with Crippen LogP contribution >= 0.6 is 0 Å². The van der Waals surface area contributed by atoms with E-state index >= 15 is 0 Å². The van der Waals surface area contributed by atoms with Crippen molar-refractivity contribution >= 4 is 11.9 Å². The first-order valence-corrected chi connectivity index (χ1v) is 7.16. The van der Waals surface area contributed by atoms with E-state index in [1.807, 2.05) is 6.92 Å². The molecule has 7 nitrogen and oxygen atoms in total. The summed E-state index contributed by atoms with van der Waals surface area (Å²) in [5.74, 6) is -1.60. The predicted molar refractivity (Wildman–Crippen MR) is 82.6 cm³/mol. The molecule has 1 aromatic heterocycles. The second-order valence-corrected chi connectivity index (χ2v) is 4.88. The smallest absolute Gasteiger partial charge is 0.359 e. The van der Waals surface area contributed by atoms with E-state index in [-0.39, 0.29) is 11.3 Å². The molecular weight excluding hydrogens is 298 g/mol. The first-order chi connectivity index (χ1) is 11.0. The van der Waals surface area contributed by atoms with Crippen molar-refractivity contribution in [2.75, 3.05) is 0 Å². The van der Waals surface area contributed by atoms with Gasteiger partial charge in [0.2, 0.25) is 6.10 Å². The van der Waals surface area contributed by atoms with Gasteiger partial charge in [0.25, 0.3) is 11.5 Å². The third-order valence-corrected chi connectivity index (χ3v) is 3.10. The van der Waals surface area contributed by atoms with Crippen molar-refractivity contribution in [1.82, 2.24) is 9.78 Å². The minimum absolute atomic E-state index is 0.0553. The number of carbonyl (C=O) groups excluding carboxylic acids is 2. The number of ether oxygens (including phenoxy) is 1. The Morgan fingerprint density at radius 3 is 2.52 bits per heavy atom. The van der Waals surface area contributed by atoms with Gasteiger partial charge in [-0.1, -0.05) is 37.3 Å². The number of carbonyl (C=O) groups is 2. The fraction of sp³-hybridized carbons (Fsp3) is 0.250. The zero-order valence-electron chi connectivity index (χ0n) is 12.6. The quantitative estimate of drug-likeness (QED) is 0.802. The Morgan fingerprint density at radius 1 is 1.22 bits per heavy atom. The topological polar surface area (TPSA) is 104 Å². The normalized spacial score (nSPS) is 11.7. The molecule has 0 unspecified atom stereocenters. The molecule has 0 saturated carbocycles. The standard InChI is InChI=1S/C16H17N3O4/c1-2-10-19-13(20)9-8-12(18-19)16(22)23-14(15(17)21)11-6-4-3-5-7-11/h3-9,14H,2,10H2,1H3,(H2,17,21)/t14-/m0/s1. The van der Waals surface area contributed by atoms with Gasteiger partial charge >= 0.3 is 5.97 Å². The van der Waals surface area contributed by atoms with Crippen LogP contribution in [0.5, 0.6) is 0 Å². The average Bonchev–Trinajstić information content (AvgIpc) is 2.55. The van der Waals surface area contributed by atoms with Gasteiger partial charge in [-0.3, -0.25) is 9.59 Å². The van der Waals surface area contributed by atoms with Crippen molar-refractivity contribution in [3.63, 3.8) is 0 Å². The van der Waals surface area contributed by atoms with E-state index in [1.54, 1.807) is 30.3 Å². The van der Waals surface area contributed by atoms with Crippen molar-refractivity contribution in [3.8, 4) is 0 Å². The van der Waals surface area contributed by atoms with Gasteiger partial charge in [-0.15, -0.1) is 0 Å². The van der Waals surface area contributed by atoms with E-state index in [1.165, 1.54) is 16.8 Å². The molecule has 7 heteroatoms. The molecule has 0 bridgehead atoms. The number of primary amides is 1. The third kappa shape index (κ3) is 4.03. The van der Waals surface area contributed by atoms with E-state index < -0.39 is 18.0 Å². The Bertz CT molecular complexity index is 755. The SMILES string of the molecule is CCCn1nc(C(=O)O[C@H](C(N)=O)c2ccccc2)ccc1=O. The lowest BCUT2D eigenvalue weighted by molar-refractivity contribution is -0.127. The number of esters is 1. The summed E-state index contributed by atoms with van der Waals surface area (Å²) in [4.78, 5) is 35.4. The Kier molecular flexibility index (Phi) is 5.24. The van der Waals surface area contributed by atoms with Crippen LogP contribution in [0, 0.1) is 0 Å². The van der Waals surface area contributed by atoms with Gasteiger partial charge in [0.05, 0.1) is 0 Å². The van der Waals surface area contributed by atoms with Crippen molar-refractivity contribution in [1.29, 1.82) is 0 Å². The lowest BCUT2D eigenvalue weighted by Crippen LogP contribution is -2.28. The number of rotatable bonds is 6. The third-order valence-electron chi connectivity index (χ3n) is 3.10. The molecule has 1 amide bonds.